The molecular formula is C9H12N4O. The fourth-order valence-electron chi connectivity index (χ4n) is 1.58. The van der Waals surface area contributed by atoms with E-state index in [1.165, 1.54) is 0 Å². The molecule has 5 heteroatoms. The molecule has 2 N–H and O–H groups in total. The van der Waals surface area contributed by atoms with Gasteiger partial charge in [0.1, 0.15) is 11.6 Å². The Balaban J connectivity index is 2.30. The second kappa shape index (κ2) is 3.25. The molecule has 2 heterocycles. The van der Waals surface area contributed by atoms with E-state index in [9.17, 15) is 4.79 Å². The fourth-order valence-corrected chi connectivity index (χ4v) is 1.58. The molecule has 0 aromatic carbocycles. The number of hydrogen-bond donors (Lipinski definition) is 1. The summed E-state index contributed by atoms with van der Waals surface area (Å²) in [6, 6.07) is 0. The highest BCUT2D eigenvalue weighted by Gasteiger charge is 2.18. The number of carbonyl (C=O) groups excluding carboxylic acids is 1. The summed E-state index contributed by atoms with van der Waals surface area (Å²) in [5, 5.41) is 0. The highest BCUT2D eigenvalue weighted by Crippen LogP contribution is 2.22. The molecule has 1 aliphatic rings. The Labute approximate surface area is 82.0 Å². The number of hydrogen-bond acceptors (Lipinski definition) is 4. The summed E-state index contributed by atoms with van der Waals surface area (Å²) in [7, 11) is 1.98. The SMILES string of the molecule is CN1CCc2cnc(CC(N)=O)nc21. The van der Waals surface area contributed by atoms with Crippen LogP contribution in [0.1, 0.15) is 11.4 Å². The minimum absolute atomic E-state index is 0.112. The maximum absolute atomic E-state index is 10.7. The molecule has 0 saturated carbocycles. The van der Waals surface area contributed by atoms with Gasteiger partial charge in [0.25, 0.3) is 0 Å². The Hall–Kier alpha value is -1.65. The first kappa shape index (κ1) is 8.93. The van der Waals surface area contributed by atoms with E-state index in [0.717, 1.165) is 24.3 Å². The average Bonchev–Trinajstić information content (AvgIpc) is 2.47. The van der Waals surface area contributed by atoms with E-state index in [-0.39, 0.29) is 6.42 Å². The van der Waals surface area contributed by atoms with E-state index in [1.54, 1.807) is 6.20 Å². The Morgan fingerprint density at radius 2 is 2.50 bits per heavy atom. The van der Waals surface area contributed by atoms with Gasteiger partial charge in [-0.3, -0.25) is 4.79 Å². The summed E-state index contributed by atoms with van der Waals surface area (Å²) in [6.45, 7) is 0.962. The summed E-state index contributed by atoms with van der Waals surface area (Å²) in [5.41, 5.74) is 6.21. The first-order valence-electron chi connectivity index (χ1n) is 4.51. The Bertz CT molecular complexity index is 377. The molecule has 0 fully saturated rings. The van der Waals surface area contributed by atoms with E-state index >= 15 is 0 Å². The minimum atomic E-state index is -0.398. The van der Waals surface area contributed by atoms with E-state index in [1.807, 2.05) is 7.05 Å². The number of anilines is 1. The number of aromatic nitrogens is 2. The van der Waals surface area contributed by atoms with E-state index in [4.69, 9.17) is 5.73 Å². The van der Waals surface area contributed by atoms with Crippen molar-refractivity contribution in [1.82, 2.24) is 9.97 Å². The molecule has 14 heavy (non-hydrogen) atoms. The van der Waals surface area contributed by atoms with Gasteiger partial charge in [0.2, 0.25) is 5.91 Å². The molecule has 1 aliphatic heterocycles. The number of carbonyl (C=O) groups is 1. The van der Waals surface area contributed by atoms with Crippen LogP contribution in [0.25, 0.3) is 0 Å². The molecular weight excluding hydrogens is 180 g/mol. The highest BCUT2D eigenvalue weighted by molar-refractivity contribution is 5.75. The molecule has 2 rings (SSSR count). The normalized spacial score (nSPS) is 14.2. The number of amides is 1. The lowest BCUT2D eigenvalue weighted by Gasteiger charge is -2.10. The number of fused-ring (bicyclic) bond motifs is 1. The van der Waals surface area contributed by atoms with Gasteiger partial charge in [0.15, 0.2) is 0 Å². The number of rotatable bonds is 2. The number of primary amides is 1. The zero-order valence-electron chi connectivity index (χ0n) is 8.03. The lowest BCUT2D eigenvalue weighted by Crippen LogP contribution is -2.18. The van der Waals surface area contributed by atoms with Gasteiger partial charge in [0, 0.05) is 25.4 Å². The van der Waals surface area contributed by atoms with E-state index in [2.05, 4.69) is 14.9 Å². The van der Waals surface area contributed by atoms with Crippen molar-refractivity contribution in [3.05, 3.63) is 17.6 Å². The second-order valence-corrected chi connectivity index (χ2v) is 3.45. The molecule has 1 aromatic heterocycles. The molecule has 1 aromatic rings. The Morgan fingerprint density at radius 1 is 1.71 bits per heavy atom. The lowest BCUT2D eigenvalue weighted by molar-refractivity contribution is -0.117. The van der Waals surface area contributed by atoms with Crippen molar-refractivity contribution < 1.29 is 4.79 Å². The molecule has 0 saturated heterocycles. The van der Waals surface area contributed by atoms with Gasteiger partial charge in [-0.1, -0.05) is 0 Å². The van der Waals surface area contributed by atoms with Gasteiger partial charge in [-0.2, -0.15) is 0 Å². The number of nitrogens with two attached hydrogens (primary N) is 1. The van der Waals surface area contributed by atoms with Crippen LogP contribution in [0.2, 0.25) is 0 Å². The number of likely N-dealkylation sites (N-methyl/N-ethyl adjacent to an activating group) is 1. The van der Waals surface area contributed by atoms with Crippen molar-refractivity contribution in [3.8, 4) is 0 Å². The van der Waals surface area contributed by atoms with Crippen LogP contribution in [0.3, 0.4) is 0 Å². The van der Waals surface area contributed by atoms with E-state index < -0.39 is 5.91 Å². The smallest absolute Gasteiger partial charge is 0.225 e. The largest absolute Gasteiger partial charge is 0.369 e. The predicted octanol–water partition coefficient (Wildman–Crippen LogP) is -0.503. The fraction of sp³-hybridized carbons (Fsp3) is 0.444. The zero-order valence-corrected chi connectivity index (χ0v) is 8.03. The van der Waals surface area contributed by atoms with Gasteiger partial charge in [-0.15, -0.1) is 0 Å². The Morgan fingerprint density at radius 3 is 3.21 bits per heavy atom. The molecule has 5 nitrogen and oxygen atoms in total. The molecule has 0 aliphatic carbocycles. The summed E-state index contributed by atoms with van der Waals surface area (Å²) >= 11 is 0. The molecule has 0 atom stereocenters. The topological polar surface area (TPSA) is 72.1 Å². The molecule has 0 unspecified atom stereocenters. The maximum Gasteiger partial charge on any atom is 0.225 e. The average molecular weight is 192 g/mol. The standard InChI is InChI=1S/C9H12N4O/c1-13-3-2-6-5-11-8(4-7(10)14)12-9(6)13/h5H,2-4H2,1H3,(H2,10,14). The first-order valence-corrected chi connectivity index (χ1v) is 4.51. The van der Waals surface area contributed by atoms with Gasteiger partial charge >= 0.3 is 0 Å². The lowest BCUT2D eigenvalue weighted by atomic mass is 10.2. The third-order valence-corrected chi connectivity index (χ3v) is 2.30. The molecule has 0 radical (unpaired) electrons. The van der Waals surface area contributed by atoms with Crippen LogP contribution < -0.4 is 10.6 Å². The third kappa shape index (κ3) is 1.53. The summed E-state index contributed by atoms with van der Waals surface area (Å²) < 4.78 is 0. The zero-order chi connectivity index (χ0) is 10.1. The van der Waals surface area contributed by atoms with Crippen molar-refractivity contribution in [2.24, 2.45) is 5.73 Å². The van der Waals surface area contributed by atoms with Crippen molar-refractivity contribution >= 4 is 11.7 Å². The van der Waals surface area contributed by atoms with Gasteiger partial charge in [0.05, 0.1) is 6.42 Å². The second-order valence-electron chi connectivity index (χ2n) is 3.45. The van der Waals surface area contributed by atoms with Crippen LogP contribution in [-0.4, -0.2) is 29.5 Å². The van der Waals surface area contributed by atoms with Crippen molar-refractivity contribution in [2.45, 2.75) is 12.8 Å². The third-order valence-electron chi connectivity index (χ3n) is 2.30. The van der Waals surface area contributed by atoms with Gasteiger partial charge in [-0.05, 0) is 6.42 Å². The highest BCUT2D eigenvalue weighted by atomic mass is 16.1. The van der Waals surface area contributed by atoms with Crippen molar-refractivity contribution in [2.75, 3.05) is 18.5 Å². The molecule has 1 amide bonds. The van der Waals surface area contributed by atoms with Gasteiger partial charge in [-0.25, -0.2) is 9.97 Å². The van der Waals surface area contributed by atoms with Crippen molar-refractivity contribution in [1.29, 1.82) is 0 Å². The van der Waals surface area contributed by atoms with Crippen LogP contribution in [0.15, 0.2) is 6.20 Å². The number of nitrogens with zero attached hydrogens (tertiary/aromatic N) is 3. The summed E-state index contributed by atoms with van der Waals surface area (Å²) in [6.07, 6.45) is 2.87. The summed E-state index contributed by atoms with van der Waals surface area (Å²) in [5.74, 6) is 1.03. The van der Waals surface area contributed by atoms with Crippen LogP contribution >= 0.6 is 0 Å². The van der Waals surface area contributed by atoms with E-state index in [0.29, 0.717) is 5.82 Å². The van der Waals surface area contributed by atoms with Crippen molar-refractivity contribution in [3.63, 3.8) is 0 Å². The predicted molar refractivity (Wildman–Crippen MR) is 51.9 cm³/mol. The molecule has 74 valence electrons. The Kier molecular flexibility index (Phi) is 2.07. The van der Waals surface area contributed by atoms with Crippen LogP contribution in [0, 0.1) is 0 Å². The monoisotopic (exact) mass is 192 g/mol. The summed E-state index contributed by atoms with van der Waals surface area (Å²) in [4.78, 5) is 21.1. The quantitative estimate of drug-likeness (QED) is 0.685. The van der Waals surface area contributed by atoms with Crippen LogP contribution in [-0.2, 0) is 17.6 Å². The molecule has 0 bridgehead atoms. The first-order chi connectivity index (χ1) is 6.66. The van der Waals surface area contributed by atoms with Crippen LogP contribution in [0.5, 0.6) is 0 Å². The van der Waals surface area contributed by atoms with Crippen LogP contribution in [0.4, 0.5) is 5.82 Å². The van der Waals surface area contributed by atoms with Gasteiger partial charge < -0.3 is 10.6 Å². The molecule has 0 spiro atoms. The maximum atomic E-state index is 10.7. The minimum Gasteiger partial charge on any atom is -0.369 e.